The monoisotopic (exact) mass is 491 g/mol. The van der Waals surface area contributed by atoms with Crippen LogP contribution in [0.25, 0.3) is 32.8 Å². The first-order valence-corrected chi connectivity index (χ1v) is 12.7. The third-order valence-electron chi connectivity index (χ3n) is 6.13. The van der Waals surface area contributed by atoms with Gasteiger partial charge < -0.3 is 13.7 Å². The number of ether oxygens (including phenoxy) is 1. The van der Waals surface area contributed by atoms with Gasteiger partial charge in [-0.1, -0.05) is 30.3 Å². The van der Waals surface area contributed by atoms with Crippen molar-refractivity contribution in [3.05, 3.63) is 72.2 Å². The highest BCUT2D eigenvalue weighted by Crippen LogP contribution is 2.30. The highest BCUT2D eigenvalue weighted by molar-refractivity contribution is 7.89. The number of carbonyl (C=O) groups is 1. The number of imidazole rings is 1. The SMILES string of the molecule is CCn1c(COC(=O)Cc2coc3ccc4ccccc4c23)nc2cc(S(=O)(=O)N(C)C)ccc21. The van der Waals surface area contributed by atoms with E-state index in [1.807, 2.05) is 47.9 Å². The Balaban J connectivity index is 1.38. The minimum Gasteiger partial charge on any atom is -0.464 e. The number of nitrogens with zero attached hydrogens (tertiary/aromatic N) is 3. The number of carbonyl (C=O) groups excluding carboxylic acids is 1. The number of sulfonamides is 1. The third-order valence-corrected chi connectivity index (χ3v) is 7.94. The first kappa shape index (κ1) is 23.1. The molecule has 0 saturated heterocycles. The molecule has 9 heteroatoms. The summed E-state index contributed by atoms with van der Waals surface area (Å²) in [5.74, 6) is 0.156. The number of hydrogen-bond donors (Lipinski definition) is 0. The Morgan fingerprint density at radius 2 is 1.91 bits per heavy atom. The van der Waals surface area contributed by atoms with Crippen molar-refractivity contribution in [2.24, 2.45) is 0 Å². The largest absolute Gasteiger partial charge is 0.464 e. The van der Waals surface area contributed by atoms with Gasteiger partial charge in [-0.25, -0.2) is 17.7 Å². The van der Waals surface area contributed by atoms with E-state index in [2.05, 4.69) is 4.98 Å². The van der Waals surface area contributed by atoms with Crippen LogP contribution in [0.2, 0.25) is 0 Å². The van der Waals surface area contributed by atoms with Gasteiger partial charge in [0.2, 0.25) is 10.0 Å². The third kappa shape index (κ3) is 4.06. The predicted molar refractivity (Wildman–Crippen MR) is 133 cm³/mol. The van der Waals surface area contributed by atoms with Crippen molar-refractivity contribution in [3.63, 3.8) is 0 Å². The van der Waals surface area contributed by atoms with Crippen LogP contribution >= 0.6 is 0 Å². The van der Waals surface area contributed by atoms with Gasteiger partial charge in [0.15, 0.2) is 0 Å². The molecular formula is C26H25N3O5S. The van der Waals surface area contributed by atoms with E-state index in [0.717, 1.165) is 37.1 Å². The van der Waals surface area contributed by atoms with Crippen LogP contribution in [0.5, 0.6) is 0 Å². The van der Waals surface area contributed by atoms with Crippen LogP contribution in [0.15, 0.2) is 70.2 Å². The zero-order valence-electron chi connectivity index (χ0n) is 19.7. The lowest BCUT2D eigenvalue weighted by Gasteiger charge is -2.11. The van der Waals surface area contributed by atoms with Gasteiger partial charge in [0.25, 0.3) is 0 Å². The Morgan fingerprint density at radius 3 is 2.69 bits per heavy atom. The second kappa shape index (κ2) is 8.83. The molecule has 0 atom stereocenters. The van der Waals surface area contributed by atoms with Crippen LogP contribution in [-0.2, 0) is 39.1 Å². The number of aromatic nitrogens is 2. The van der Waals surface area contributed by atoms with E-state index >= 15 is 0 Å². The van der Waals surface area contributed by atoms with Crippen molar-refractivity contribution in [2.45, 2.75) is 31.4 Å². The average molecular weight is 492 g/mol. The summed E-state index contributed by atoms with van der Waals surface area (Å²) < 4.78 is 39.3. The molecule has 5 rings (SSSR count). The van der Waals surface area contributed by atoms with Gasteiger partial charge in [0.1, 0.15) is 18.0 Å². The van der Waals surface area contributed by atoms with Gasteiger partial charge in [0, 0.05) is 31.6 Å². The standard InChI is InChI=1S/C26H25N3O5S/c1-4-29-22-11-10-19(35(31,32)28(2)3)14-21(22)27-24(29)16-34-25(30)13-18-15-33-23-12-9-17-7-5-6-8-20(17)26(18)23/h5-12,14-15H,4,13,16H2,1-3H3. The van der Waals surface area contributed by atoms with E-state index in [1.165, 1.54) is 14.1 Å². The number of furan rings is 1. The molecule has 0 aliphatic rings. The number of hydrogen-bond acceptors (Lipinski definition) is 6. The van der Waals surface area contributed by atoms with Crippen molar-refractivity contribution < 1.29 is 22.4 Å². The minimum atomic E-state index is -3.58. The van der Waals surface area contributed by atoms with Gasteiger partial charge in [-0.05, 0) is 42.0 Å². The van der Waals surface area contributed by atoms with Crippen LogP contribution in [0.4, 0.5) is 0 Å². The van der Waals surface area contributed by atoms with Crippen LogP contribution < -0.4 is 0 Å². The Bertz CT molecular complexity index is 1680. The van der Waals surface area contributed by atoms with Gasteiger partial charge >= 0.3 is 5.97 Å². The molecule has 35 heavy (non-hydrogen) atoms. The lowest BCUT2D eigenvalue weighted by atomic mass is 10.0. The average Bonchev–Trinajstić information content (AvgIpc) is 3.42. The van der Waals surface area contributed by atoms with Crippen molar-refractivity contribution in [1.29, 1.82) is 0 Å². The van der Waals surface area contributed by atoms with E-state index in [-0.39, 0.29) is 17.9 Å². The summed E-state index contributed by atoms with van der Waals surface area (Å²) in [6.45, 7) is 2.54. The Kier molecular flexibility index (Phi) is 5.82. The van der Waals surface area contributed by atoms with Crippen LogP contribution in [0, 0.1) is 0 Å². The van der Waals surface area contributed by atoms with E-state index in [0.29, 0.717) is 17.9 Å². The molecule has 8 nitrogen and oxygen atoms in total. The fourth-order valence-electron chi connectivity index (χ4n) is 4.35. The summed E-state index contributed by atoms with van der Waals surface area (Å²) in [7, 11) is -0.603. The molecule has 0 bridgehead atoms. The maximum Gasteiger partial charge on any atom is 0.310 e. The van der Waals surface area contributed by atoms with Gasteiger partial charge in [-0.15, -0.1) is 0 Å². The molecule has 0 unspecified atom stereocenters. The topological polar surface area (TPSA) is 94.6 Å². The molecule has 0 radical (unpaired) electrons. The van der Waals surface area contributed by atoms with Gasteiger partial charge in [-0.3, -0.25) is 4.79 Å². The summed E-state index contributed by atoms with van der Waals surface area (Å²) in [5, 5.41) is 3.01. The van der Waals surface area contributed by atoms with E-state index < -0.39 is 16.0 Å². The van der Waals surface area contributed by atoms with Crippen molar-refractivity contribution >= 4 is 48.8 Å². The fraction of sp³-hybridized carbons (Fsp3) is 0.231. The normalized spacial score (nSPS) is 12.2. The molecule has 0 saturated carbocycles. The van der Waals surface area contributed by atoms with Crippen LogP contribution in [0.3, 0.4) is 0 Å². The maximum atomic E-state index is 12.8. The molecule has 3 aromatic carbocycles. The number of fused-ring (bicyclic) bond motifs is 4. The first-order chi connectivity index (χ1) is 16.8. The van der Waals surface area contributed by atoms with E-state index in [1.54, 1.807) is 24.5 Å². The summed E-state index contributed by atoms with van der Waals surface area (Å²) in [6, 6.07) is 16.7. The molecule has 2 aromatic heterocycles. The Morgan fingerprint density at radius 1 is 1.11 bits per heavy atom. The zero-order chi connectivity index (χ0) is 24.7. The summed E-state index contributed by atoms with van der Waals surface area (Å²) >= 11 is 0. The second-order valence-corrected chi connectivity index (χ2v) is 10.6. The number of esters is 1. The molecule has 0 amide bonds. The Labute approximate surface area is 202 Å². The number of rotatable bonds is 7. The van der Waals surface area contributed by atoms with Gasteiger partial charge in [-0.2, -0.15) is 0 Å². The second-order valence-electron chi connectivity index (χ2n) is 8.47. The zero-order valence-corrected chi connectivity index (χ0v) is 20.5. The summed E-state index contributed by atoms with van der Waals surface area (Å²) in [6.07, 6.45) is 1.67. The quantitative estimate of drug-likeness (QED) is 0.311. The molecule has 0 aliphatic heterocycles. The molecule has 0 fully saturated rings. The lowest BCUT2D eigenvalue weighted by molar-refractivity contribution is -0.144. The van der Waals surface area contributed by atoms with Crippen molar-refractivity contribution in [1.82, 2.24) is 13.9 Å². The van der Waals surface area contributed by atoms with Crippen molar-refractivity contribution in [3.8, 4) is 0 Å². The molecular weight excluding hydrogens is 466 g/mol. The highest BCUT2D eigenvalue weighted by Gasteiger charge is 2.20. The molecule has 180 valence electrons. The van der Waals surface area contributed by atoms with E-state index in [4.69, 9.17) is 9.15 Å². The number of benzene rings is 3. The van der Waals surface area contributed by atoms with E-state index in [9.17, 15) is 13.2 Å². The van der Waals surface area contributed by atoms with Crippen LogP contribution in [0.1, 0.15) is 18.3 Å². The number of aryl methyl sites for hydroxylation is 1. The highest BCUT2D eigenvalue weighted by atomic mass is 32.2. The molecule has 0 spiro atoms. The lowest BCUT2D eigenvalue weighted by Crippen LogP contribution is -2.22. The minimum absolute atomic E-state index is 0.0202. The molecule has 5 aromatic rings. The van der Waals surface area contributed by atoms with Crippen molar-refractivity contribution in [2.75, 3.05) is 14.1 Å². The smallest absolute Gasteiger partial charge is 0.310 e. The predicted octanol–water partition coefficient (Wildman–Crippen LogP) is 4.49. The summed E-state index contributed by atoms with van der Waals surface area (Å²) in [5.41, 5.74) is 2.81. The molecule has 0 aliphatic carbocycles. The molecule has 0 N–H and O–H groups in total. The van der Waals surface area contributed by atoms with Crippen LogP contribution in [-0.4, -0.2) is 42.3 Å². The first-order valence-electron chi connectivity index (χ1n) is 11.2. The summed E-state index contributed by atoms with van der Waals surface area (Å²) in [4.78, 5) is 17.5. The maximum absolute atomic E-state index is 12.8. The molecule has 2 heterocycles. The Hall–Kier alpha value is -3.69. The van der Waals surface area contributed by atoms with Gasteiger partial charge in [0.05, 0.1) is 28.6 Å². The fourth-order valence-corrected chi connectivity index (χ4v) is 5.27.